The number of hydrogen-bond acceptors (Lipinski definition) is 4. The maximum Gasteiger partial charge on any atom is 0.280 e. The van der Waals surface area contributed by atoms with Crippen LogP contribution in [-0.4, -0.2) is 39.1 Å². The molecule has 5 rings (SSSR count). The number of nitrogens with zero attached hydrogens (tertiary/aromatic N) is 3. The first-order valence-electron chi connectivity index (χ1n) is 10.8. The molecule has 0 aliphatic rings. The molecule has 1 amide bonds. The number of nitrogens with one attached hydrogen (secondary N) is 2. The molecule has 10 heteroatoms. The Kier molecular flexibility index (Phi) is 6.08. The van der Waals surface area contributed by atoms with E-state index in [1.165, 1.54) is 19.4 Å². The molecule has 0 atom stereocenters. The van der Waals surface area contributed by atoms with Gasteiger partial charge in [-0.25, -0.2) is 18.3 Å². The fraction of sp³-hybridized carbons (Fsp3) is 0.160. The number of methoxy groups -OCH3 is 1. The van der Waals surface area contributed by atoms with Crippen molar-refractivity contribution in [2.45, 2.75) is 12.8 Å². The van der Waals surface area contributed by atoms with Crippen LogP contribution in [0.15, 0.2) is 60.9 Å². The first kappa shape index (κ1) is 22.8. The van der Waals surface area contributed by atoms with Crippen molar-refractivity contribution in [3.05, 3.63) is 82.8 Å². The third-order valence-electron chi connectivity index (χ3n) is 5.76. The lowest BCUT2D eigenvalue weighted by molar-refractivity contribution is 0.0955. The minimum absolute atomic E-state index is 0.0417. The second-order valence-electron chi connectivity index (χ2n) is 7.87. The van der Waals surface area contributed by atoms with Gasteiger partial charge in [-0.05, 0) is 48.4 Å². The lowest BCUT2D eigenvalue weighted by Crippen LogP contribution is -2.25. The summed E-state index contributed by atoms with van der Waals surface area (Å²) in [5, 5.41) is 8.45. The number of rotatable bonds is 7. The molecule has 0 bridgehead atoms. The second-order valence-corrected chi connectivity index (χ2v) is 8.31. The minimum atomic E-state index is -2.82. The first-order valence-corrected chi connectivity index (χ1v) is 11.2. The van der Waals surface area contributed by atoms with Crippen LogP contribution in [0.4, 0.5) is 8.78 Å². The highest BCUT2D eigenvalue weighted by Gasteiger charge is 2.22. The van der Waals surface area contributed by atoms with Gasteiger partial charge in [-0.1, -0.05) is 23.7 Å². The summed E-state index contributed by atoms with van der Waals surface area (Å²) in [6.07, 6.45) is 0.853. The maximum atomic E-state index is 13.9. The largest absolute Gasteiger partial charge is 0.496 e. The SMILES string of the molecule is COc1ccccc1-c1cc(C(F)F)n2ncc(C(=O)NCCc3c[nH]c4ccc(Cl)cc34)c2n1. The highest BCUT2D eigenvalue weighted by atomic mass is 35.5. The van der Waals surface area contributed by atoms with Gasteiger partial charge in [0.05, 0.1) is 19.0 Å². The Labute approximate surface area is 203 Å². The van der Waals surface area contributed by atoms with Crippen molar-refractivity contribution in [3.8, 4) is 17.0 Å². The van der Waals surface area contributed by atoms with Crippen LogP contribution in [0, 0.1) is 0 Å². The molecule has 2 N–H and O–H groups in total. The Morgan fingerprint density at radius 3 is 2.86 bits per heavy atom. The average Bonchev–Trinajstić information content (AvgIpc) is 3.47. The molecule has 0 aliphatic heterocycles. The topological polar surface area (TPSA) is 84.3 Å². The summed E-state index contributed by atoms with van der Waals surface area (Å²) in [5.41, 5.74) is 2.52. The Balaban J connectivity index is 1.44. The number of amides is 1. The average molecular weight is 496 g/mol. The zero-order chi connectivity index (χ0) is 24.5. The van der Waals surface area contributed by atoms with Crippen molar-refractivity contribution >= 4 is 34.1 Å². The van der Waals surface area contributed by atoms with Gasteiger partial charge in [0.2, 0.25) is 0 Å². The van der Waals surface area contributed by atoms with Crippen LogP contribution in [0.3, 0.4) is 0 Å². The van der Waals surface area contributed by atoms with Crippen molar-refractivity contribution in [2.75, 3.05) is 13.7 Å². The van der Waals surface area contributed by atoms with Gasteiger partial charge in [-0.15, -0.1) is 0 Å². The van der Waals surface area contributed by atoms with E-state index in [0.717, 1.165) is 21.0 Å². The predicted octanol–water partition coefficient (Wildman–Crippen LogP) is 5.45. The number of fused-ring (bicyclic) bond motifs is 2. The van der Waals surface area contributed by atoms with Crippen LogP contribution in [0.25, 0.3) is 27.8 Å². The Morgan fingerprint density at radius 2 is 2.06 bits per heavy atom. The standard InChI is InChI=1S/C25H20ClF2N5O2/c1-35-22-5-3-2-4-16(22)20-11-21(23(27)28)33-24(32-20)18(13-31-33)25(34)29-9-8-14-12-30-19-7-6-15(26)10-17(14)19/h2-7,10-13,23,30H,8-9H2,1H3,(H,29,34). The number of aromatic amines is 1. The molecule has 7 nitrogen and oxygen atoms in total. The fourth-order valence-corrected chi connectivity index (χ4v) is 4.23. The van der Waals surface area contributed by atoms with Gasteiger partial charge in [0, 0.05) is 34.2 Å². The van der Waals surface area contributed by atoms with E-state index >= 15 is 0 Å². The van der Waals surface area contributed by atoms with Crippen molar-refractivity contribution in [1.29, 1.82) is 0 Å². The summed E-state index contributed by atoms with van der Waals surface area (Å²) in [4.78, 5) is 20.6. The van der Waals surface area contributed by atoms with Gasteiger partial charge in [-0.2, -0.15) is 5.10 Å². The number of H-pyrrole nitrogens is 1. The molecule has 0 aliphatic carbocycles. The number of benzene rings is 2. The number of aromatic nitrogens is 4. The Hall–Kier alpha value is -3.98. The lowest BCUT2D eigenvalue weighted by Gasteiger charge is -2.11. The van der Waals surface area contributed by atoms with Crippen molar-refractivity contribution < 1.29 is 18.3 Å². The van der Waals surface area contributed by atoms with Crippen LogP contribution < -0.4 is 10.1 Å². The second kappa shape index (κ2) is 9.34. The van der Waals surface area contributed by atoms with E-state index < -0.39 is 12.3 Å². The highest BCUT2D eigenvalue weighted by Crippen LogP contribution is 2.32. The van der Waals surface area contributed by atoms with Gasteiger partial charge >= 0.3 is 0 Å². The molecule has 3 heterocycles. The van der Waals surface area contributed by atoms with Gasteiger partial charge in [0.15, 0.2) is 5.65 Å². The molecule has 0 spiro atoms. The van der Waals surface area contributed by atoms with E-state index in [4.69, 9.17) is 16.3 Å². The fourth-order valence-electron chi connectivity index (χ4n) is 4.06. The number of halogens is 3. The molecule has 5 aromatic rings. The summed E-state index contributed by atoms with van der Waals surface area (Å²) in [6.45, 7) is 0.323. The molecule has 3 aromatic heterocycles. The van der Waals surface area contributed by atoms with Crippen LogP contribution in [0.1, 0.15) is 28.0 Å². The van der Waals surface area contributed by atoms with Crippen LogP contribution >= 0.6 is 11.6 Å². The lowest BCUT2D eigenvalue weighted by atomic mass is 10.1. The zero-order valence-corrected chi connectivity index (χ0v) is 19.3. The monoisotopic (exact) mass is 495 g/mol. The summed E-state index contributed by atoms with van der Waals surface area (Å²) in [6, 6.07) is 13.8. The van der Waals surface area contributed by atoms with Gasteiger partial charge < -0.3 is 15.0 Å². The molecular formula is C25H20ClF2N5O2. The summed E-state index contributed by atoms with van der Waals surface area (Å²) in [5.74, 6) is 0.0247. The molecular weight excluding hydrogens is 476 g/mol. The van der Waals surface area contributed by atoms with E-state index in [-0.39, 0.29) is 22.6 Å². The smallest absolute Gasteiger partial charge is 0.280 e. The maximum absolute atomic E-state index is 13.9. The number of hydrogen-bond donors (Lipinski definition) is 2. The van der Waals surface area contributed by atoms with Crippen molar-refractivity contribution in [1.82, 2.24) is 24.9 Å². The normalized spacial score (nSPS) is 11.5. The van der Waals surface area contributed by atoms with E-state index in [2.05, 4.69) is 20.4 Å². The quantitative estimate of drug-likeness (QED) is 0.314. The van der Waals surface area contributed by atoms with Gasteiger partial charge in [-0.3, -0.25) is 4.79 Å². The molecule has 2 aromatic carbocycles. The van der Waals surface area contributed by atoms with E-state index in [0.29, 0.717) is 29.3 Å². The number of alkyl halides is 2. The van der Waals surface area contributed by atoms with E-state index in [9.17, 15) is 13.6 Å². The van der Waals surface area contributed by atoms with E-state index in [1.54, 1.807) is 30.3 Å². The molecule has 178 valence electrons. The van der Waals surface area contributed by atoms with Crippen LogP contribution in [-0.2, 0) is 6.42 Å². The highest BCUT2D eigenvalue weighted by molar-refractivity contribution is 6.31. The number of carbonyl (C=O) groups is 1. The number of ether oxygens (including phenoxy) is 1. The third kappa shape index (κ3) is 4.30. The molecule has 0 radical (unpaired) electrons. The van der Waals surface area contributed by atoms with Crippen molar-refractivity contribution in [2.24, 2.45) is 0 Å². The predicted molar refractivity (Wildman–Crippen MR) is 129 cm³/mol. The van der Waals surface area contributed by atoms with Crippen LogP contribution in [0.2, 0.25) is 5.02 Å². The molecule has 0 saturated heterocycles. The van der Waals surface area contributed by atoms with Crippen molar-refractivity contribution in [3.63, 3.8) is 0 Å². The van der Waals surface area contributed by atoms with Gasteiger partial charge in [0.25, 0.3) is 12.3 Å². The summed E-state index contributed by atoms with van der Waals surface area (Å²) >= 11 is 6.11. The Bertz CT molecular complexity index is 1550. The number of carbonyl (C=O) groups excluding carboxylic acids is 1. The van der Waals surface area contributed by atoms with Crippen LogP contribution in [0.5, 0.6) is 5.75 Å². The summed E-state index contributed by atoms with van der Waals surface area (Å²) < 4.78 is 34.1. The molecule has 0 fully saturated rings. The zero-order valence-electron chi connectivity index (χ0n) is 18.6. The summed E-state index contributed by atoms with van der Waals surface area (Å²) in [7, 11) is 1.49. The Morgan fingerprint density at radius 1 is 1.23 bits per heavy atom. The van der Waals surface area contributed by atoms with E-state index in [1.807, 2.05) is 18.3 Å². The molecule has 0 unspecified atom stereocenters. The first-order chi connectivity index (χ1) is 17.0. The number of para-hydroxylation sites is 1. The molecule has 35 heavy (non-hydrogen) atoms. The molecule has 0 saturated carbocycles. The third-order valence-corrected chi connectivity index (χ3v) is 5.99. The van der Waals surface area contributed by atoms with Gasteiger partial charge in [0.1, 0.15) is 17.0 Å². The minimum Gasteiger partial charge on any atom is -0.496 e.